The molecule has 0 bridgehead atoms. The Morgan fingerprint density at radius 1 is 1.45 bits per heavy atom. The molecule has 1 aliphatic heterocycles. The normalized spacial score (nSPS) is 17.5. The first-order valence-electron chi connectivity index (χ1n) is 6.66. The Labute approximate surface area is 119 Å². The van der Waals surface area contributed by atoms with E-state index in [9.17, 15) is 4.79 Å². The van der Waals surface area contributed by atoms with Crippen LogP contribution < -0.4 is 10.1 Å². The number of nitrogens with one attached hydrogen (secondary N) is 1. The Morgan fingerprint density at radius 2 is 2.15 bits per heavy atom. The number of benzene rings is 1. The van der Waals surface area contributed by atoms with Crippen LogP contribution in [0.4, 0.5) is 10.5 Å². The van der Waals surface area contributed by atoms with Crippen LogP contribution in [0.2, 0.25) is 0 Å². The highest BCUT2D eigenvalue weighted by Crippen LogP contribution is 2.27. The highest BCUT2D eigenvalue weighted by Gasteiger charge is 2.24. The smallest absolute Gasteiger partial charge is 0.412 e. The molecule has 1 saturated heterocycles. The fourth-order valence-electron chi connectivity index (χ4n) is 1.84. The maximum atomic E-state index is 11.7. The molecular formula is C15H21NO4. The molecule has 5 nitrogen and oxygen atoms in total. The Morgan fingerprint density at radius 3 is 2.70 bits per heavy atom. The molecule has 1 heterocycles. The molecule has 1 aliphatic rings. The predicted molar refractivity (Wildman–Crippen MR) is 76.3 cm³/mol. The number of hydrogen-bond donors (Lipinski definition) is 1. The first-order chi connectivity index (χ1) is 9.37. The van der Waals surface area contributed by atoms with Gasteiger partial charge in [-0.2, -0.15) is 0 Å². The fraction of sp³-hybridized carbons (Fsp3) is 0.533. The van der Waals surface area contributed by atoms with Crippen molar-refractivity contribution in [2.75, 3.05) is 19.0 Å². The van der Waals surface area contributed by atoms with Crippen LogP contribution in [0, 0.1) is 0 Å². The lowest BCUT2D eigenvalue weighted by Gasteiger charge is -2.20. The maximum absolute atomic E-state index is 11.7. The summed E-state index contributed by atoms with van der Waals surface area (Å²) in [7, 11) is 1.61. The monoisotopic (exact) mass is 279 g/mol. The Hall–Kier alpha value is -1.75. The highest BCUT2D eigenvalue weighted by atomic mass is 16.6. The average molecular weight is 279 g/mol. The number of amides is 1. The molecule has 1 amide bonds. The minimum absolute atomic E-state index is 0.300. The van der Waals surface area contributed by atoms with E-state index in [1.165, 1.54) is 0 Å². The number of methoxy groups -OCH3 is 1. The minimum atomic E-state index is -0.516. The van der Waals surface area contributed by atoms with Crippen LogP contribution >= 0.6 is 0 Å². The molecule has 110 valence electrons. The van der Waals surface area contributed by atoms with Crippen molar-refractivity contribution in [3.63, 3.8) is 0 Å². The van der Waals surface area contributed by atoms with Gasteiger partial charge in [-0.1, -0.05) is 6.07 Å². The molecule has 1 aromatic rings. The summed E-state index contributed by atoms with van der Waals surface area (Å²) in [6.45, 7) is 6.28. The van der Waals surface area contributed by atoms with E-state index in [-0.39, 0.29) is 0 Å². The van der Waals surface area contributed by atoms with E-state index in [1.54, 1.807) is 13.2 Å². The van der Waals surface area contributed by atoms with Gasteiger partial charge in [-0.25, -0.2) is 4.79 Å². The van der Waals surface area contributed by atoms with E-state index >= 15 is 0 Å². The van der Waals surface area contributed by atoms with Gasteiger partial charge in [0, 0.05) is 18.2 Å². The second-order valence-electron chi connectivity index (χ2n) is 5.81. The van der Waals surface area contributed by atoms with E-state index in [0.29, 0.717) is 11.8 Å². The van der Waals surface area contributed by atoms with Crippen molar-refractivity contribution in [3.8, 4) is 5.75 Å². The maximum Gasteiger partial charge on any atom is 0.412 e. The molecule has 0 spiro atoms. The Bertz CT molecular complexity index is 489. The van der Waals surface area contributed by atoms with Crippen molar-refractivity contribution in [3.05, 3.63) is 23.8 Å². The lowest BCUT2D eigenvalue weighted by molar-refractivity contribution is 0.0636. The van der Waals surface area contributed by atoms with Gasteiger partial charge in [0.05, 0.1) is 19.8 Å². The van der Waals surface area contributed by atoms with Gasteiger partial charge in [-0.3, -0.25) is 5.32 Å². The van der Waals surface area contributed by atoms with Crippen LogP contribution in [0.3, 0.4) is 0 Å². The van der Waals surface area contributed by atoms with Gasteiger partial charge in [0.25, 0.3) is 0 Å². The van der Waals surface area contributed by atoms with Crippen LogP contribution in [-0.2, 0) is 15.9 Å². The fourth-order valence-corrected chi connectivity index (χ4v) is 1.84. The van der Waals surface area contributed by atoms with Crippen molar-refractivity contribution in [2.45, 2.75) is 38.9 Å². The number of ether oxygens (including phenoxy) is 3. The van der Waals surface area contributed by atoms with Crippen molar-refractivity contribution in [1.82, 2.24) is 0 Å². The van der Waals surface area contributed by atoms with Crippen LogP contribution in [-0.4, -0.2) is 31.5 Å². The standard InChI is InChI=1S/C15H21NO4/c1-15(2,3)20-14(17)16-11-6-5-10(7-12-9-19-12)13(8-11)18-4/h5-6,8,12H,7,9H2,1-4H3,(H,16,17). The van der Waals surface area contributed by atoms with Gasteiger partial charge in [0.15, 0.2) is 0 Å². The van der Waals surface area contributed by atoms with Crippen LogP contribution in [0.5, 0.6) is 5.75 Å². The minimum Gasteiger partial charge on any atom is -0.496 e. The summed E-state index contributed by atoms with van der Waals surface area (Å²) >= 11 is 0. The number of hydrogen-bond acceptors (Lipinski definition) is 4. The number of carbonyl (C=O) groups is 1. The number of rotatable bonds is 4. The molecule has 1 fully saturated rings. The molecule has 1 atom stereocenters. The van der Waals surface area contributed by atoms with Crippen LogP contribution in [0.1, 0.15) is 26.3 Å². The number of carbonyl (C=O) groups excluding carboxylic acids is 1. The summed E-state index contributed by atoms with van der Waals surface area (Å²) in [5.74, 6) is 0.744. The molecule has 1 unspecified atom stereocenters. The third-order valence-electron chi connectivity index (χ3n) is 2.78. The Balaban J connectivity index is 2.03. The molecule has 2 rings (SSSR count). The Kier molecular flexibility index (Phi) is 4.18. The molecule has 0 saturated carbocycles. The third kappa shape index (κ3) is 4.42. The van der Waals surface area contributed by atoms with Crippen LogP contribution in [0.25, 0.3) is 0 Å². The van der Waals surface area contributed by atoms with E-state index in [1.807, 2.05) is 32.9 Å². The van der Waals surface area contributed by atoms with Gasteiger partial charge in [0.2, 0.25) is 0 Å². The molecule has 0 radical (unpaired) electrons. The van der Waals surface area contributed by atoms with Crippen molar-refractivity contribution in [2.24, 2.45) is 0 Å². The van der Waals surface area contributed by atoms with Crippen molar-refractivity contribution in [1.29, 1.82) is 0 Å². The van der Waals surface area contributed by atoms with Gasteiger partial charge in [0.1, 0.15) is 11.4 Å². The van der Waals surface area contributed by atoms with E-state index in [2.05, 4.69) is 5.32 Å². The zero-order valence-electron chi connectivity index (χ0n) is 12.4. The first-order valence-corrected chi connectivity index (χ1v) is 6.66. The second-order valence-corrected chi connectivity index (χ2v) is 5.81. The van der Waals surface area contributed by atoms with Gasteiger partial charge in [-0.15, -0.1) is 0 Å². The summed E-state index contributed by atoms with van der Waals surface area (Å²) < 4.78 is 15.8. The zero-order valence-corrected chi connectivity index (χ0v) is 12.4. The lowest BCUT2D eigenvalue weighted by atomic mass is 10.1. The predicted octanol–water partition coefficient (Wildman–Crippen LogP) is 2.98. The van der Waals surface area contributed by atoms with E-state index in [0.717, 1.165) is 24.3 Å². The highest BCUT2D eigenvalue weighted by molar-refractivity contribution is 5.85. The number of anilines is 1. The van der Waals surface area contributed by atoms with Crippen LogP contribution in [0.15, 0.2) is 18.2 Å². The van der Waals surface area contributed by atoms with Gasteiger partial charge in [-0.05, 0) is 32.4 Å². The number of epoxide rings is 1. The van der Waals surface area contributed by atoms with Gasteiger partial charge < -0.3 is 14.2 Å². The molecular weight excluding hydrogens is 258 g/mol. The van der Waals surface area contributed by atoms with E-state index in [4.69, 9.17) is 14.2 Å². The molecule has 20 heavy (non-hydrogen) atoms. The molecule has 1 aromatic carbocycles. The molecule has 0 aliphatic carbocycles. The summed E-state index contributed by atoms with van der Waals surface area (Å²) in [6.07, 6.45) is 0.655. The van der Waals surface area contributed by atoms with Crippen molar-refractivity contribution < 1.29 is 19.0 Å². The summed E-state index contributed by atoms with van der Waals surface area (Å²) in [5.41, 5.74) is 1.21. The molecule has 1 N–H and O–H groups in total. The lowest BCUT2D eigenvalue weighted by Crippen LogP contribution is -2.27. The quantitative estimate of drug-likeness (QED) is 0.861. The average Bonchev–Trinajstić information content (AvgIpc) is 3.12. The molecule has 5 heteroatoms. The summed E-state index contributed by atoms with van der Waals surface area (Å²) in [6, 6.07) is 5.57. The summed E-state index contributed by atoms with van der Waals surface area (Å²) in [4.78, 5) is 11.7. The third-order valence-corrected chi connectivity index (χ3v) is 2.78. The summed E-state index contributed by atoms with van der Waals surface area (Å²) in [5, 5.41) is 2.70. The largest absolute Gasteiger partial charge is 0.496 e. The van der Waals surface area contributed by atoms with Gasteiger partial charge >= 0.3 is 6.09 Å². The SMILES string of the molecule is COc1cc(NC(=O)OC(C)(C)C)ccc1CC1CO1. The first kappa shape index (κ1) is 14.7. The second kappa shape index (κ2) is 5.71. The van der Waals surface area contributed by atoms with E-state index < -0.39 is 11.7 Å². The molecule has 0 aromatic heterocycles. The topological polar surface area (TPSA) is 60.1 Å². The van der Waals surface area contributed by atoms with Crippen molar-refractivity contribution >= 4 is 11.8 Å². The zero-order chi connectivity index (χ0) is 14.8.